The fourth-order valence-electron chi connectivity index (χ4n) is 1.96. The van der Waals surface area contributed by atoms with Gasteiger partial charge in [0.2, 0.25) is 5.91 Å². The molecule has 0 aliphatic carbocycles. The van der Waals surface area contributed by atoms with Crippen molar-refractivity contribution < 1.29 is 9.90 Å². The smallest absolute Gasteiger partial charge is 0.236 e. The number of fused-ring (bicyclic) bond motifs is 1. The number of phenolic OH excluding ortho intramolecular Hbond substituents is 1. The van der Waals surface area contributed by atoms with Gasteiger partial charge in [-0.1, -0.05) is 30.3 Å². The van der Waals surface area contributed by atoms with Crippen LogP contribution in [0.15, 0.2) is 36.4 Å². The van der Waals surface area contributed by atoms with E-state index in [1.54, 1.807) is 20.2 Å². The second kappa shape index (κ2) is 5.71. The van der Waals surface area contributed by atoms with Crippen LogP contribution in [0.3, 0.4) is 0 Å². The topological polar surface area (TPSA) is 52.6 Å². The highest BCUT2D eigenvalue weighted by Gasteiger charge is 2.08. The van der Waals surface area contributed by atoms with Gasteiger partial charge in [0.05, 0.1) is 6.54 Å². The lowest BCUT2D eigenvalue weighted by molar-refractivity contribution is -0.127. The van der Waals surface area contributed by atoms with Gasteiger partial charge in [-0.15, -0.1) is 0 Å². The molecule has 0 heterocycles. The first-order chi connectivity index (χ1) is 9.09. The largest absolute Gasteiger partial charge is 0.508 e. The van der Waals surface area contributed by atoms with Crippen molar-refractivity contribution in [1.82, 2.24) is 10.2 Å². The average Bonchev–Trinajstić information content (AvgIpc) is 2.41. The predicted octanol–water partition coefficient (Wildman–Crippen LogP) is 1.72. The van der Waals surface area contributed by atoms with Crippen LogP contribution in [0, 0.1) is 0 Å². The molecule has 0 spiro atoms. The van der Waals surface area contributed by atoms with E-state index in [9.17, 15) is 9.90 Å². The van der Waals surface area contributed by atoms with Crippen molar-refractivity contribution in [3.05, 3.63) is 42.0 Å². The number of benzene rings is 2. The molecule has 2 aromatic rings. The van der Waals surface area contributed by atoms with Crippen LogP contribution in [-0.2, 0) is 11.3 Å². The summed E-state index contributed by atoms with van der Waals surface area (Å²) >= 11 is 0. The molecule has 2 aromatic carbocycles. The Morgan fingerprint density at radius 1 is 1.21 bits per heavy atom. The van der Waals surface area contributed by atoms with E-state index in [-0.39, 0.29) is 18.2 Å². The molecule has 0 aliphatic rings. The van der Waals surface area contributed by atoms with E-state index < -0.39 is 0 Å². The summed E-state index contributed by atoms with van der Waals surface area (Å²) < 4.78 is 0. The molecule has 2 N–H and O–H groups in total. The number of carbonyl (C=O) groups excluding carboxylic acids is 1. The van der Waals surface area contributed by atoms with E-state index in [2.05, 4.69) is 5.32 Å². The van der Waals surface area contributed by atoms with Crippen LogP contribution in [0.1, 0.15) is 5.56 Å². The fourth-order valence-corrected chi connectivity index (χ4v) is 1.96. The summed E-state index contributed by atoms with van der Waals surface area (Å²) in [5.41, 5.74) is 0.824. The Balaban J connectivity index is 2.16. The molecule has 1 amide bonds. The van der Waals surface area contributed by atoms with Crippen LogP contribution < -0.4 is 5.32 Å². The molecule has 19 heavy (non-hydrogen) atoms. The molecule has 0 aromatic heterocycles. The lowest BCUT2D eigenvalue weighted by Gasteiger charge is -2.13. The second-order valence-electron chi connectivity index (χ2n) is 4.68. The molecule has 0 aliphatic heterocycles. The zero-order chi connectivity index (χ0) is 13.8. The summed E-state index contributed by atoms with van der Waals surface area (Å²) in [5.74, 6) is 0.267. The molecular formula is C15H18N2O2. The number of nitrogens with one attached hydrogen (secondary N) is 1. The maximum Gasteiger partial charge on any atom is 0.236 e. The van der Waals surface area contributed by atoms with Crippen molar-refractivity contribution in [1.29, 1.82) is 0 Å². The van der Waals surface area contributed by atoms with Crippen molar-refractivity contribution in [2.75, 3.05) is 20.6 Å². The molecule has 0 unspecified atom stereocenters. The molecule has 0 fully saturated rings. The highest BCUT2D eigenvalue weighted by molar-refractivity contribution is 5.87. The number of amides is 1. The van der Waals surface area contributed by atoms with Crippen molar-refractivity contribution in [2.45, 2.75) is 6.54 Å². The Kier molecular flexibility index (Phi) is 4.02. The van der Waals surface area contributed by atoms with Gasteiger partial charge in [0.15, 0.2) is 0 Å². The Morgan fingerprint density at radius 3 is 2.68 bits per heavy atom. The number of nitrogens with zero attached hydrogens (tertiary/aromatic N) is 1. The second-order valence-corrected chi connectivity index (χ2v) is 4.68. The Hall–Kier alpha value is -2.07. The molecule has 0 saturated heterocycles. The van der Waals surface area contributed by atoms with E-state index in [4.69, 9.17) is 0 Å². The summed E-state index contributed by atoms with van der Waals surface area (Å²) in [6.45, 7) is 0.725. The maximum atomic E-state index is 11.5. The number of phenols is 1. The monoisotopic (exact) mass is 258 g/mol. The van der Waals surface area contributed by atoms with Crippen LogP contribution in [-0.4, -0.2) is 36.6 Å². The minimum Gasteiger partial charge on any atom is -0.508 e. The minimum absolute atomic E-state index is 0.0136. The first-order valence-corrected chi connectivity index (χ1v) is 6.20. The first kappa shape index (κ1) is 13.4. The van der Waals surface area contributed by atoms with Gasteiger partial charge in [-0.2, -0.15) is 0 Å². The van der Waals surface area contributed by atoms with E-state index in [1.807, 2.05) is 30.3 Å². The summed E-state index contributed by atoms with van der Waals surface area (Å²) in [4.78, 5) is 13.0. The predicted molar refractivity (Wildman–Crippen MR) is 76.0 cm³/mol. The molecule has 0 saturated carbocycles. The third kappa shape index (κ3) is 3.03. The summed E-state index contributed by atoms with van der Waals surface area (Å²) in [5, 5.41) is 15.1. The lowest BCUT2D eigenvalue weighted by Crippen LogP contribution is -2.32. The standard InChI is InChI=1S/C15H18N2O2/c1-17(2)15(19)10-16-9-13-12-6-4-3-5-11(12)7-8-14(13)18/h3-8,16,18H,9-10H2,1-2H3. The van der Waals surface area contributed by atoms with Gasteiger partial charge in [0, 0.05) is 26.2 Å². The lowest BCUT2D eigenvalue weighted by atomic mass is 10.0. The molecule has 4 heteroatoms. The quantitative estimate of drug-likeness (QED) is 0.878. The SMILES string of the molecule is CN(C)C(=O)CNCc1c(O)ccc2ccccc12. The van der Waals surface area contributed by atoms with E-state index in [0.29, 0.717) is 6.54 Å². The molecule has 0 radical (unpaired) electrons. The number of aromatic hydroxyl groups is 1. The number of carbonyl (C=O) groups is 1. The molecular weight excluding hydrogens is 240 g/mol. The highest BCUT2D eigenvalue weighted by Crippen LogP contribution is 2.26. The van der Waals surface area contributed by atoms with E-state index >= 15 is 0 Å². The van der Waals surface area contributed by atoms with Gasteiger partial charge in [-0.25, -0.2) is 0 Å². The van der Waals surface area contributed by atoms with Crippen molar-refractivity contribution in [3.8, 4) is 5.75 Å². The number of rotatable bonds is 4. The minimum atomic E-state index is 0.0136. The molecule has 2 rings (SSSR count). The van der Waals surface area contributed by atoms with Crippen molar-refractivity contribution >= 4 is 16.7 Å². The van der Waals surface area contributed by atoms with E-state index in [1.165, 1.54) is 4.90 Å². The Morgan fingerprint density at radius 2 is 1.95 bits per heavy atom. The van der Waals surface area contributed by atoms with Crippen LogP contribution in [0.5, 0.6) is 5.75 Å². The van der Waals surface area contributed by atoms with Gasteiger partial charge >= 0.3 is 0 Å². The maximum absolute atomic E-state index is 11.5. The third-order valence-electron chi connectivity index (χ3n) is 3.09. The van der Waals surface area contributed by atoms with Crippen LogP contribution >= 0.6 is 0 Å². The summed E-state index contributed by atoms with van der Waals surface area (Å²) in [7, 11) is 3.44. The van der Waals surface area contributed by atoms with Gasteiger partial charge in [0.25, 0.3) is 0 Å². The molecule has 0 atom stereocenters. The van der Waals surface area contributed by atoms with Crippen molar-refractivity contribution in [2.24, 2.45) is 0 Å². The summed E-state index contributed by atoms with van der Waals surface area (Å²) in [6.07, 6.45) is 0. The number of hydrogen-bond acceptors (Lipinski definition) is 3. The first-order valence-electron chi connectivity index (χ1n) is 6.20. The Bertz CT molecular complexity index is 594. The summed E-state index contributed by atoms with van der Waals surface area (Å²) in [6, 6.07) is 11.5. The molecule has 4 nitrogen and oxygen atoms in total. The van der Waals surface area contributed by atoms with Crippen LogP contribution in [0.4, 0.5) is 0 Å². The van der Waals surface area contributed by atoms with Crippen molar-refractivity contribution in [3.63, 3.8) is 0 Å². The van der Waals surface area contributed by atoms with Gasteiger partial charge in [-0.05, 0) is 16.8 Å². The van der Waals surface area contributed by atoms with Crippen LogP contribution in [0.25, 0.3) is 10.8 Å². The molecule has 100 valence electrons. The van der Waals surface area contributed by atoms with Gasteiger partial charge in [-0.3, -0.25) is 4.79 Å². The zero-order valence-corrected chi connectivity index (χ0v) is 11.2. The van der Waals surface area contributed by atoms with Gasteiger partial charge < -0.3 is 15.3 Å². The zero-order valence-electron chi connectivity index (χ0n) is 11.2. The average molecular weight is 258 g/mol. The fraction of sp³-hybridized carbons (Fsp3) is 0.267. The van der Waals surface area contributed by atoms with Gasteiger partial charge in [0.1, 0.15) is 5.75 Å². The number of hydrogen-bond donors (Lipinski definition) is 2. The highest BCUT2D eigenvalue weighted by atomic mass is 16.3. The normalized spacial score (nSPS) is 10.6. The number of likely N-dealkylation sites (N-methyl/N-ethyl adjacent to an activating group) is 1. The third-order valence-corrected chi connectivity index (χ3v) is 3.09. The Labute approximate surface area is 112 Å². The van der Waals surface area contributed by atoms with Crippen LogP contribution in [0.2, 0.25) is 0 Å². The van der Waals surface area contributed by atoms with E-state index in [0.717, 1.165) is 16.3 Å². The molecule has 0 bridgehead atoms.